The van der Waals surface area contributed by atoms with Crippen molar-refractivity contribution in [2.24, 2.45) is 5.92 Å². The molecule has 0 aliphatic carbocycles. The topological polar surface area (TPSA) is 37.8 Å². The zero-order valence-corrected chi connectivity index (χ0v) is 13.7. The third-order valence-electron chi connectivity index (χ3n) is 3.39. The summed E-state index contributed by atoms with van der Waals surface area (Å²) in [7, 11) is 0. The van der Waals surface area contributed by atoms with Crippen LogP contribution < -0.4 is 5.32 Å². The van der Waals surface area contributed by atoms with E-state index in [4.69, 9.17) is 4.98 Å². The Labute approximate surface area is 127 Å². The molecule has 0 aliphatic rings. The molecule has 3 nitrogen and oxygen atoms in total. The number of nitrogens with zero attached hydrogens (tertiary/aromatic N) is 2. The van der Waals surface area contributed by atoms with E-state index in [0.717, 1.165) is 35.9 Å². The molecule has 1 aromatic heterocycles. The Morgan fingerprint density at radius 1 is 1.10 bits per heavy atom. The molecular formula is C18H25N3. The van der Waals surface area contributed by atoms with Crippen LogP contribution in [0.1, 0.15) is 37.6 Å². The van der Waals surface area contributed by atoms with Crippen molar-refractivity contribution in [3.05, 3.63) is 41.1 Å². The van der Waals surface area contributed by atoms with Crippen molar-refractivity contribution in [1.82, 2.24) is 9.97 Å². The number of rotatable bonds is 5. The Bertz CT molecular complexity index is 618. The number of hydrogen-bond acceptors (Lipinski definition) is 3. The van der Waals surface area contributed by atoms with E-state index in [1.54, 1.807) is 0 Å². The van der Waals surface area contributed by atoms with Gasteiger partial charge < -0.3 is 5.32 Å². The largest absolute Gasteiger partial charge is 0.370 e. The van der Waals surface area contributed by atoms with Gasteiger partial charge in [0.05, 0.1) is 0 Å². The summed E-state index contributed by atoms with van der Waals surface area (Å²) in [5.74, 6) is 2.32. The van der Waals surface area contributed by atoms with Gasteiger partial charge in [0.15, 0.2) is 5.82 Å². The third kappa shape index (κ3) is 4.03. The Balaban J connectivity index is 2.50. The first-order valence-electron chi connectivity index (χ1n) is 7.69. The average Bonchev–Trinajstić information content (AvgIpc) is 2.41. The summed E-state index contributed by atoms with van der Waals surface area (Å²) in [6, 6.07) is 8.50. The van der Waals surface area contributed by atoms with Crippen LogP contribution in [0.3, 0.4) is 0 Å². The number of benzene rings is 1. The molecule has 0 aliphatic heterocycles. The quantitative estimate of drug-likeness (QED) is 0.884. The zero-order chi connectivity index (χ0) is 15.4. The highest BCUT2D eigenvalue weighted by Gasteiger charge is 2.10. The van der Waals surface area contributed by atoms with Crippen LogP contribution in [-0.2, 0) is 6.42 Å². The third-order valence-corrected chi connectivity index (χ3v) is 3.39. The van der Waals surface area contributed by atoms with E-state index in [1.807, 2.05) is 0 Å². The molecule has 0 saturated heterocycles. The molecule has 0 fully saturated rings. The van der Waals surface area contributed by atoms with Gasteiger partial charge in [0.1, 0.15) is 5.82 Å². The summed E-state index contributed by atoms with van der Waals surface area (Å²) >= 11 is 0. The molecule has 0 radical (unpaired) electrons. The standard InChI is InChI=1S/C18H25N3/c1-6-19-17-11-15(9-12(2)3)20-18(21-17)16-10-13(4)7-8-14(16)5/h7-8,10-12H,6,9H2,1-5H3,(H,19,20,21). The summed E-state index contributed by atoms with van der Waals surface area (Å²) in [5, 5.41) is 3.31. The van der Waals surface area contributed by atoms with Gasteiger partial charge in [0.25, 0.3) is 0 Å². The molecule has 0 atom stereocenters. The van der Waals surface area contributed by atoms with Crippen LogP contribution in [0.4, 0.5) is 5.82 Å². The van der Waals surface area contributed by atoms with Gasteiger partial charge in [0, 0.05) is 23.9 Å². The summed E-state index contributed by atoms with van der Waals surface area (Å²) < 4.78 is 0. The normalized spacial score (nSPS) is 11.0. The fraction of sp³-hybridized carbons (Fsp3) is 0.444. The molecule has 0 saturated carbocycles. The fourth-order valence-electron chi connectivity index (χ4n) is 2.39. The number of aryl methyl sites for hydroxylation is 2. The van der Waals surface area contributed by atoms with Crippen molar-refractivity contribution in [2.75, 3.05) is 11.9 Å². The molecule has 2 rings (SSSR count). The lowest BCUT2D eigenvalue weighted by Crippen LogP contribution is -2.06. The Hall–Kier alpha value is -1.90. The van der Waals surface area contributed by atoms with Gasteiger partial charge in [-0.3, -0.25) is 0 Å². The van der Waals surface area contributed by atoms with E-state index in [-0.39, 0.29) is 0 Å². The first-order chi connectivity index (χ1) is 9.99. The van der Waals surface area contributed by atoms with Crippen LogP contribution >= 0.6 is 0 Å². The molecule has 112 valence electrons. The maximum absolute atomic E-state index is 4.78. The smallest absolute Gasteiger partial charge is 0.162 e. The van der Waals surface area contributed by atoms with E-state index in [0.29, 0.717) is 5.92 Å². The van der Waals surface area contributed by atoms with E-state index >= 15 is 0 Å². The highest BCUT2D eigenvalue weighted by atomic mass is 15.0. The van der Waals surface area contributed by atoms with Gasteiger partial charge in [-0.05, 0) is 44.7 Å². The first-order valence-corrected chi connectivity index (χ1v) is 7.69. The van der Waals surface area contributed by atoms with Gasteiger partial charge in [-0.15, -0.1) is 0 Å². The molecule has 0 bridgehead atoms. The molecule has 1 heterocycles. The van der Waals surface area contributed by atoms with Gasteiger partial charge in [-0.2, -0.15) is 0 Å². The van der Waals surface area contributed by atoms with Gasteiger partial charge in [0.2, 0.25) is 0 Å². The van der Waals surface area contributed by atoms with E-state index in [1.165, 1.54) is 11.1 Å². The summed E-state index contributed by atoms with van der Waals surface area (Å²) in [4.78, 5) is 9.46. The number of aromatic nitrogens is 2. The highest BCUT2D eigenvalue weighted by Crippen LogP contribution is 2.24. The van der Waals surface area contributed by atoms with Gasteiger partial charge in [-0.25, -0.2) is 9.97 Å². The Morgan fingerprint density at radius 3 is 2.52 bits per heavy atom. The Kier molecular flexibility index (Phi) is 4.94. The predicted octanol–water partition coefficient (Wildman–Crippen LogP) is 4.39. The fourth-order valence-corrected chi connectivity index (χ4v) is 2.39. The molecule has 0 unspecified atom stereocenters. The van der Waals surface area contributed by atoms with Crippen LogP contribution in [0.15, 0.2) is 24.3 Å². The number of anilines is 1. The maximum Gasteiger partial charge on any atom is 0.162 e. The van der Waals surface area contributed by atoms with Crippen LogP contribution in [-0.4, -0.2) is 16.5 Å². The summed E-state index contributed by atoms with van der Waals surface area (Å²) in [6.07, 6.45) is 0.971. The minimum atomic E-state index is 0.584. The molecule has 0 spiro atoms. The Morgan fingerprint density at radius 2 is 1.86 bits per heavy atom. The SMILES string of the molecule is CCNc1cc(CC(C)C)nc(-c2cc(C)ccc2C)n1. The highest BCUT2D eigenvalue weighted by molar-refractivity contribution is 5.62. The van der Waals surface area contributed by atoms with Crippen molar-refractivity contribution in [3.63, 3.8) is 0 Å². The van der Waals surface area contributed by atoms with Gasteiger partial charge in [-0.1, -0.05) is 31.5 Å². The lowest BCUT2D eigenvalue weighted by Gasteiger charge is -2.12. The molecule has 1 aromatic carbocycles. The average molecular weight is 283 g/mol. The number of nitrogens with one attached hydrogen (secondary N) is 1. The summed E-state index contributed by atoms with van der Waals surface area (Å²) in [6.45, 7) is 11.6. The molecule has 0 amide bonds. The second-order valence-electron chi connectivity index (χ2n) is 6.01. The minimum absolute atomic E-state index is 0.584. The van der Waals surface area contributed by atoms with Crippen molar-refractivity contribution < 1.29 is 0 Å². The number of hydrogen-bond donors (Lipinski definition) is 1. The minimum Gasteiger partial charge on any atom is -0.370 e. The van der Waals surface area contributed by atoms with Crippen molar-refractivity contribution >= 4 is 5.82 Å². The van der Waals surface area contributed by atoms with E-state index < -0.39 is 0 Å². The maximum atomic E-state index is 4.78. The van der Waals surface area contributed by atoms with Crippen molar-refractivity contribution in [2.45, 2.75) is 41.0 Å². The van der Waals surface area contributed by atoms with Crippen LogP contribution in [0.2, 0.25) is 0 Å². The summed E-state index contributed by atoms with van der Waals surface area (Å²) in [5.41, 5.74) is 4.68. The molecular weight excluding hydrogens is 258 g/mol. The van der Waals surface area contributed by atoms with Crippen LogP contribution in [0.25, 0.3) is 11.4 Å². The second kappa shape index (κ2) is 6.70. The second-order valence-corrected chi connectivity index (χ2v) is 6.01. The van der Waals surface area contributed by atoms with Crippen molar-refractivity contribution in [3.8, 4) is 11.4 Å². The molecule has 2 aromatic rings. The van der Waals surface area contributed by atoms with Gasteiger partial charge >= 0.3 is 0 Å². The van der Waals surface area contributed by atoms with Crippen molar-refractivity contribution in [1.29, 1.82) is 0 Å². The monoisotopic (exact) mass is 283 g/mol. The molecule has 3 heteroatoms. The van der Waals surface area contributed by atoms with Crippen LogP contribution in [0.5, 0.6) is 0 Å². The first kappa shape index (κ1) is 15.5. The molecule has 21 heavy (non-hydrogen) atoms. The zero-order valence-electron chi connectivity index (χ0n) is 13.7. The van der Waals surface area contributed by atoms with Crippen LogP contribution in [0, 0.1) is 19.8 Å². The van der Waals surface area contributed by atoms with E-state index in [2.05, 4.69) is 69.2 Å². The predicted molar refractivity (Wildman–Crippen MR) is 89.6 cm³/mol. The molecule has 1 N–H and O–H groups in total. The van der Waals surface area contributed by atoms with E-state index in [9.17, 15) is 0 Å². The lowest BCUT2D eigenvalue weighted by atomic mass is 10.0. The lowest BCUT2D eigenvalue weighted by molar-refractivity contribution is 0.635.